The molecule has 5 nitrogen and oxygen atoms in total. The molecule has 2 rings (SSSR count). The number of alkyl halides is 3. The van der Waals surface area contributed by atoms with Crippen LogP contribution in [0.2, 0.25) is 0 Å². The minimum atomic E-state index is -4.49. The summed E-state index contributed by atoms with van der Waals surface area (Å²) in [7, 11) is 0. The second-order valence-corrected chi connectivity index (χ2v) is 6.53. The molecule has 0 aliphatic carbocycles. The topological polar surface area (TPSA) is 71.2 Å². The standard InChI is InChI=1S/C18H25F3N4O/c1-4-15(18(19,20)21)24-17(26)14-8-6-12-5-7-13(9-10-22)25(11(2)3)16(12)23-14/h6,8,13,15H,2,4-5,7,9-10,22H2,1,3H3,(H,24,26). The van der Waals surface area contributed by atoms with Crippen LogP contribution < -0.4 is 16.0 Å². The van der Waals surface area contributed by atoms with Crippen molar-refractivity contribution in [1.82, 2.24) is 10.3 Å². The van der Waals surface area contributed by atoms with Gasteiger partial charge in [0.15, 0.2) is 0 Å². The number of fused-ring (bicyclic) bond motifs is 1. The number of hydrogen-bond acceptors (Lipinski definition) is 4. The maximum Gasteiger partial charge on any atom is 0.408 e. The lowest BCUT2D eigenvalue weighted by Crippen LogP contribution is -2.45. The van der Waals surface area contributed by atoms with E-state index in [1.165, 1.54) is 13.0 Å². The predicted molar refractivity (Wildman–Crippen MR) is 94.9 cm³/mol. The molecule has 26 heavy (non-hydrogen) atoms. The van der Waals surface area contributed by atoms with Crippen LogP contribution in [0.3, 0.4) is 0 Å². The van der Waals surface area contributed by atoms with Crippen LogP contribution in [0.1, 0.15) is 49.2 Å². The molecule has 0 fully saturated rings. The van der Waals surface area contributed by atoms with Crippen LogP contribution in [0, 0.1) is 0 Å². The van der Waals surface area contributed by atoms with Crippen molar-refractivity contribution in [1.29, 1.82) is 0 Å². The van der Waals surface area contributed by atoms with Crippen LogP contribution in [0.5, 0.6) is 0 Å². The Balaban J connectivity index is 2.31. The summed E-state index contributed by atoms with van der Waals surface area (Å²) >= 11 is 0. The molecule has 0 spiro atoms. The van der Waals surface area contributed by atoms with Crippen LogP contribution in [0.15, 0.2) is 24.4 Å². The van der Waals surface area contributed by atoms with Gasteiger partial charge in [-0.25, -0.2) is 4.98 Å². The normalized spacial score (nSPS) is 18.2. The molecule has 2 atom stereocenters. The molecule has 1 aromatic rings. The van der Waals surface area contributed by atoms with E-state index in [0.29, 0.717) is 12.4 Å². The van der Waals surface area contributed by atoms with Gasteiger partial charge < -0.3 is 16.0 Å². The average Bonchev–Trinajstić information content (AvgIpc) is 2.57. The molecule has 0 bridgehead atoms. The Morgan fingerprint density at radius 1 is 1.50 bits per heavy atom. The highest BCUT2D eigenvalue weighted by molar-refractivity contribution is 5.93. The smallest absolute Gasteiger partial charge is 0.339 e. The first-order chi connectivity index (χ1) is 12.2. The average molecular weight is 370 g/mol. The van der Waals surface area contributed by atoms with Crippen LogP contribution in [-0.4, -0.2) is 35.7 Å². The minimum Gasteiger partial charge on any atom is -0.339 e. The van der Waals surface area contributed by atoms with Crippen molar-refractivity contribution in [2.24, 2.45) is 5.73 Å². The number of aromatic nitrogens is 1. The monoisotopic (exact) mass is 370 g/mol. The largest absolute Gasteiger partial charge is 0.408 e. The Morgan fingerprint density at radius 2 is 2.19 bits per heavy atom. The maximum absolute atomic E-state index is 12.9. The van der Waals surface area contributed by atoms with Gasteiger partial charge in [0.05, 0.1) is 0 Å². The highest BCUT2D eigenvalue weighted by Crippen LogP contribution is 2.33. The van der Waals surface area contributed by atoms with Crippen molar-refractivity contribution < 1.29 is 18.0 Å². The zero-order valence-corrected chi connectivity index (χ0v) is 15.1. The molecule has 1 aliphatic heterocycles. The highest BCUT2D eigenvalue weighted by atomic mass is 19.4. The summed E-state index contributed by atoms with van der Waals surface area (Å²) in [5, 5.41) is 2.02. The molecule has 0 saturated carbocycles. The summed E-state index contributed by atoms with van der Waals surface area (Å²) in [4.78, 5) is 18.6. The van der Waals surface area contributed by atoms with E-state index in [1.54, 1.807) is 6.07 Å². The van der Waals surface area contributed by atoms with E-state index in [0.717, 1.165) is 30.5 Å². The van der Waals surface area contributed by atoms with Crippen molar-refractivity contribution in [3.05, 3.63) is 35.7 Å². The number of carbonyl (C=O) groups is 1. The lowest BCUT2D eigenvalue weighted by atomic mass is 9.95. The Hall–Kier alpha value is -2.09. The zero-order chi connectivity index (χ0) is 19.5. The molecular weight excluding hydrogens is 345 g/mol. The van der Waals surface area contributed by atoms with E-state index in [2.05, 4.69) is 11.6 Å². The summed E-state index contributed by atoms with van der Waals surface area (Å²) in [5.41, 5.74) is 7.35. The number of nitrogens with one attached hydrogen (secondary N) is 1. The van der Waals surface area contributed by atoms with E-state index < -0.39 is 18.1 Å². The number of carbonyl (C=O) groups excluding carboxylic acids is 1. The second kappa shape index (κ2) is 8.07. The third-order valence-electron chi connectivity index (χ3n) is 4.55. The third-order valence-corrected chi connectivity index (χ3v) is 4.55. The molecule has 8 heteroatoms. The third kappa shape index (κ3) is 4.35. The van der Waals surface area contributed by atoms with Gasteiger partial charge in [-0.15, -0.1) is 0 Å². The van der Waals surface area contributed by atoms with Crippen LogP contribution in [0.4, 0.5) is 19.0 Å². The number of anilines is 1. The van der Waals surface area contributed by atoms with Crippen molar-refractivity contribution in [2.45, 2.75) is 57.8 Å². The van der Waals surface area contributed by atoms with E-state index in [1.807, 2.05) is 17.1 Å². The Morgan fingerprint density at radius 3 is 2.73 bits per heavy atom. The number of aryl methyl sites for hydroxylation is 1. The molecule has 0 saturated heterocycles. The Labute approximate surface area is 151 Å². The number of pyridine rings is 1. The number of halogens is 3. The Kier molecular flexibility index (Phi) is 6.28. The van der Waals surface area contributed by atoms with E-state index >= 15 is 0 Å². The van der Waals surface area contributed by atoms with Crippen LogP contribution >= 0.6 is 0 Å². The molecule has 1 amide bonds. The molecule has 0 radical (unpaired) electrons. The molecule has 1 aliphatic rings. The van der Waals surface area contributed by atoms with E-state index in [-0.39, 0.29) is 18.2 Å². The first-order valence-electron chi connectivity index (χ1n) is 8.71. The fourth-order valence-electron chi connectivity index (χ4n) is 3.24. The highest BCUT2D eigenvalue weighted by Gasteiger charge is 2.39. The number of rotatable bonds is 6. The van der Waals surface area contributed by atoms with Gasteiger partial charge in [-0.05, 0) is 50.8 Å². The number of hydrogen-bond donors (Lipinski definition) is 2. The van der Waals surface area contributed by atoms with Gasteiger partial charge in [-0.2, -0.15) is 13.2 Å². The van der Waals surface area contributed by atoms with Gasteiger partial charge in [-0.3, -0.25) is 4.79 Å². The van der Waals surface area contributed by atoms with Crippen molar-refractivity contribution in [2.75, 3.05) is 11.4 Å². The predicted octanol–water partition coefficient (Wildman–Crippen LogP) is 3.16. The fraction of sp³-hybridized carbons (Fsp3) is 0.556. The molecule has 1 aromatic heterocycles. The number of nitrogens with two attached hydrogens (primary N) is 1. The SMILES string of the molecule is C=C(C)N1c2nc(C(=O)NC(CC)C(F)(F)F)ccc2CCC1CCN. The van der Waals surface area contributed by atoms with Gasteiger partial charge in [0.2, 0.25) is 0 Å². The summed E-state index contributed by atoms with van der Waals surface area (Å²) in [6.45, 7) is 7.69. The van der Waals surface area contributed by atoms with Gasteiger partial charge in [-0.1, -0.05) is 19.6 Å². The van der Waals surface area contributed by atoms with Gasteiger partial charge in [0.25, 0.3) is 5.91 Å². The summed E-state index contributed by atoms with van der Waals surface area (Å²) < 4.78 is 38.7. The molecule has 2 unspecified atom stereocenters. The molecule has 2 heterocycles. The lowest BCUT2D eigenvalue weighted by molar-refractivity contribution is -0.153. The quantitative estimate of drug-likeness (QED) is 0.807. The summed E-state index contributed by atoms with van der Waals surface area (Å²) in [6, 6.07) is 1.45. The number of allylic oxidation sites excluding steroid dienone is 1. The molecule has 144 valence electrons. The number of amides is 1. The molecular formula is C18H25F3N4O. The summed E-state index contributed by atoms with van der Waals surface area (Å²) in [6.07, 6.45) is -2.32. The summed E-state index contributed by atoms with van der Waals surface area (Å²) in [5.74, 6) is -0.255. The number of nitrogens with zero attached hydrogens (tertiary/aromatic N) is 2. The molecule has 3 N–H and O–H groups in total. The van der Waals surface area contributed by atoms with Gasteiger partial charge in [0.1, 0.15) is 17.6 Å². The van der Waals surface area contributed by atoms with Gasteiger partial charge in [0, 0.05) is 11.7 Å². The van der Waals surface area contributed by atoms with Crippen LogP contribution in [0.25, 0.3) is 0 Å². The first kappa shape index (κ1) is 20.2. The lowest BCUT2D eigenvalue weighted by Gasteiger charge is -2.38. The van der Waals surface area contributed by atoms with Crippen LogP contribution in [-0.2, 0) is 6.42 Å². The minimum absolute atomic E-state index is 0.0360. The fourth-order valence-corrected chi connectivity index (χ4v) is 3.24. The zero-order valence-electron chi connectivity index (χ0n) is 15.1. The van der Waals surface area contributed by atoms with Crippen molar-refractivity contribution in [3.8, 4) is 0 Å². The second-order valence-electron chi connectivity index (χ2n) is 6.53. The van der Waals surface area contributed by atoms with Crippen molar-refractivity contribution in [3.63, 3.8) is 0 Å². The first-order valence-corrected chi connectivity index (χ1v) is 8.71. The van der Waals surface area contributed by atoms with E-state index in [9.17, 15) is 18.0 Å². The van der Waals surface area contributed by atoms with Crippen molar-refractivity contribution >= 4 is 11.7 Å². The Bertz CT molecular complexity index is 675. The van der Waals surface area contributed by atoms with E-state index in [4.69, 9.17) is 5.73 Å². The molecule has 0 aromatic carbocycles. The van der Waals surface area contributed by atoms with Gasteiger partial charge >= 0.3 is 6.18 Å². The maximum atomic E-state index is 12.9.